The molecule has 1 heterocycles. The van der Waals surface area contributed by atoms with Gasteiger partial charge in [0.15, 0.2) is 0 Å². The lowest BCUT2D eigenvalue weighted by molar-refractivity contribution is 0.0601. The molecule has 0 fully saturated rings. The summed E-state index contributed by atoms with van der Waals surface area (Å²) in [6, 6.07) is 14.5. The van der Waals surface area contributed by atoms with Gasteiger partial charge in [0.2, 0.25) is 0 Å². The lowest BCUT2D eigenvalue weighted by atomic mass is 10.1. The second kappa shape index (κ2) is 8.05. The maximum atomic E-state index is 12.6. The van der Waals surface area contributed by atoms with Crippen molar-refractivity contribution in [2.75, 3.05) is 12.9 Å². The number of H-pyrrole nitrogens is 1. The molecule has 0 aliphatic heterocycles. The van der Waals surface area contributed by atoms with E-state index >= 15 is 0 Å². The first-order valence-electron chi connectivity index (χ1n) is 8.07. The first-order valence-corrected chi connectivity index (χ1v) is 9.22. The minimum absolute atomic E-state index is 0.284. The summed E-state index contributed by atoms with van der Waals surface area (Å²) in [6.45, 7) is 0.320. The molecule has 134 valence electrons. The van der Waals surface area contributed by atoms with Crippen molar-refractivity contribution < 1.29 is 9.53 Å². The summed E-state index contributed by atoms with van der Waals surface area (Å²) in [7, 11) is 1.28. The number of carbonyl (C=O) groups is 1. The zero-order valence-corrected chi connectivity index (χ0v) is 15.0. The minimum atomic E-state index is -0.519. The molecule has 0 unspecified atom stereocenters. The van der Waals surface area contributed by atoms with Gasteiger partial charge in [-0.1, -0.05) is 30.3 Å². The zero-order chi connectivity index (χ0) is 18.5. The Hall–Kier alpha value is -2.80. The number of hydrogen-bond acceptors (Lipinski definition) is 5. The minimum Gasteiger partial charge on any atom is -0.465 e. The Balaban J connectivity index is 1.77. The normalized spacial score (nSPS) is 10.8. The fraction of sp³-hybridized carbons (Fsp3) is 0.211. The standard InChI is InChI=1S/C19H18N2O4S/c1-25-18(23)14-7-8-15-16(11-14)20-19(24)21(17(15)22)9-10-26-12-13-5-3-2-4-6-13/h2-8,11H,9-10,12H2,1H3,(H,20,24). The lowest BCUT2D eigenvalue weighted by Gasteiger charge is -2.07. The summed E-state index contributed by atoms with van der Waals surface area (Å²) in [4.78, 5) is 39.1. The first kappa shape index (κ1) is 18.0. The van der Waals surface area contributed by atoms with Gasteiger partial charge in [0.05, 0.1) is 23.6 Å². The molecule has 0 bridgehead atoms. The third-order valence-corrected chi connectivity index (χ3v) is 4.98. The van der Waals surface area contributed by atoms with E-state index in [1.165, 1.54) is 35.4 Å². The van der Waals surface area contributed by atoms with Gasteiger partial charge in [0.25, 0.3) is 5.56 Å². The van der Waals surface area contributed by atoms with Gasteiger partial charge in [-0.2, -0.15) is 11.8 Å². The van der Waals surface area contributed by atoms with E-state index in [9.17, 15) is 14.4 Å². The second-order valence-corrected chi connectivity index (χ2v) is 6.78. The van der Waals surface area contributed by atoms with E-state index in [-0.39, 0.29) is 11.1 Å². The number of aromatic amines is 1. The Morgan fingerprint density at radius 3 is 2.65 bits per heavy atom. The molecule has 0 aliphatic carbocycles. The van der Waals surface area contributed by atoms with Crippen LogP contribution in [0.15, 0.2) is 58.1 Å². The van der Waals surface area contributed by atoms with Crippen LogP contribution in [-0.4, -0.2) is 28.4 Å². The number of nitrogens with zero attached hydrogens (tertiary/aromatic N) is 1. The van der Waals surface area contributed by atoms with Crippen molar-refractivity contribution in [3.63, 3.8) is 0 Å². The van der Waals surface area contributed by atoms with Crippen LogP contribution in [0.5, 0.6) is 0 Å². The van der Waals surface area contributed by atoms with Gasteiger partial charge in [0.1, 0.15) is 0 Å². The number of esters is 1. The van der Waals surface area contributed by atoms with Gasteiger partial charge >= 0.3 is 11.7 Å². The Morgan fingerprint density at radius 2 is 1.92 bits per heavy atom. The van der Waals surface area contributed by atoms with Gasteiger partial charge in [-0.15, -0.1) is 0 Å². The molecule has 0 radical (unpaired) electrons. The summed E-state index contributed by atoms with van der Waals surface area (Å²) >= 11 is 1.66. The topological polar surface area (TPSA) is 81.2 Å². The van der Waals surface area contributed by atoms with E-state index in [1.807, 2.05) is 30.3 Å². The van der Waals surface area contributed by atoms with Crippen molar-refractivity contribution in [3.05, 3.63) is 80.5 Å². The van der Waals surface area contributed by atoms with Crippen LogP contribution in [0.25, 0.3) is 10.9 Å². The van der Waals surface area contributed by atoms with Crippen molar-refractivity contribution in [1.29, 1.82) is 0 Å². The summed E-state index contributed by atoms with van der Waals surface area (Å²) < 4.78 is 5.85. The molecule has 1 N–H and O–H groups in total. The molecule has 7 heteroatoms. The molecule has 2 aromatic carbocycles. The van der Waals surface area contributed by atoms with E-state index in [2.05, 4.69) is 9.72 Å². The van der Waals surface area contributed by atoms with Crippen LogP contribution in [0.4, 0.5) is 0 Å². The van der Waals surface area contributed by atoms with Gasteiger partial charge in [-0.25, -0.2) is 9.59 Å². The molecule has 3 aromatic rings. The number of benzene rings is 2. The maximum Gasteiger partial charge on any atom is 0.337 e. The second-order valence-electron chi connectivity index (χ2n) is 5.68. The Kier molecular flexibility index (Phi) is 5.58. The van der Waals surface area contributed by atoms with Crippen LogP contribution >= 0.6 is 11.8 Å². The molecule has 3 rings (SSSR count). The van der Waals surface area contributed by atoms with Crippen LogP contribution < -0.4 is 11.2 Å². The van der Waals surface area contributed by atoms with Crippen LogP contribution in [-0.2, 0) is 17.0 Å². The first-order chi connectivity index (χ1) is 12.6. The molecule has 1 aromatic heterocycles. The molecule has 6 nitrogen and oxygen atoms in total. The Morgan fingerprint density at radius 1 is 1.15 bits per heavy atom. The summed E-state index contributed by atoms with van der Waals surface area (Å²) in [5, 5.41) is 0.366. The average Bonchev–Trinajstić information content (AvgIpc) is 2.67. The monoisotopic (exact) mass is 370 g/mol. The number of fused-ring (bicyclic) bond motifs is 1. The number of nitrogens with one attached hydrogen (secondary N) is 1. The number of ether oxygens (including phenoxy) is 1. The summed E-state index contributed by atoms with van der Waals surface area (Å²) in [5.41, 5.74) is 0.972. The number of aromatic nitrogens is 2. The van der Waals surface area contributed by atoms with Gasteiger partial charge < -0.3 is 9.72 Å². The van der Waals surface area contributed by atoms with Crippen LogP contribution in [0, 0.1) is 0 Å². The Labute approximate surface area is 153 Å². The van der Waals surface area contributed by atoms with Crippen molar-refractivity contribution in [1.82, 2.24) is 9.55 Å². The predicted molar refractivity (Wildman–Crippen MR) is 103 cm³/mol. The van der Waals surface area contributed by atoms with E-state index in [0.29, 0.717) is 23.2 Å². The SMILES string of the molecule is COC(=O)c1ccc2c(=O)n(CCSCc3ccccc3)c(=O)[nH]c2c1. The summed E-state index contributed by atoms with van der Waals surface area (Å²) in [5.74, 6) is 0.946. The van der Waals surface area contributed by atoms with E-state index < -0.39 is 11.7 Å². The third-order valence-electron chi connectivity index (χ3n) is 3.97. The highest BCUT2D eigenvalue weighted by molar-refractivity contribution is 7.98. The predicted octanol–water partition coefficient (Wildman–Crippen LogP) is 2.41. The molecule has 0 atom stereocenters. The molecule has 0 saturated heterocycles. The van der Waals surface area contributed by atoms with Crippen molar-refractivity contribution in [3.8, 4) is 0 Å². The molecular formula is C19H18N2O4S. The zero-order valence-electron chi connectivity index (χ0n) is 14.2. The number of hydrogen-bond donors (Lipinski definition) is 1. The molecule has 0 amide bonds. The number of rotatable bonds is 6. The van der Waals surface area contributed by atoms with Crippen LogP contribution in [0.3, 0.4) is 0 Å². The average molecular weight is 370 g/mol. The fourth-order valence-corrected chi connectivity index (χ4v) is 3.51. The fourth-order valence-electron chi connectivity index (χ4n) is 2.62. The van der Waals surface area contributed by atoms with E-state index in [4.69, 9.17) is 0 Å². The number of carbonyl (C=O) groups excluding carboxylic acids is 1. The van der Waals surface area contributed by atoms with Crippen LogP contribution in [0.1, 0.15) is 15.9 Å². The van der Waals surface area contributed by atoms with Crippen molar-refractivity contribution in [2.24, 2.45) is 0 Å². The summed E-state index contributed by atoms with van der Waals surface area (Å²) in [6.07, 6.45) is 0. The van der Waals surface area contributed by atoms with Crippen LogP contribution in [0.2, 0.25) is 0 Å². The number of thioether (sulfide) groups is 1. The highest BCUT2D eigenvalue weighted by atomic mass is 32.2. The largest absolute Gasteiger partial charge is 0.465 e. The van der Waals surface area contributed by atoms with Gasteiger partial charge in [-0.3, -0.25) is 9.36 Å². The molecule has 26 heavy (non-hydrogen) atoms. The lowest BCUT2D eigenvalue weighted by Crippen LogP contribution is -2.35. The quantitative estimate of drug-likeness (QED) is 0.532. The molecular weight excluding hydrogens is 352 g/mol. The van der Waals surface area contributed by atoms with Crippen molar-refractivity contribution in [2.45, 2.75) is 12.3 Å². The third kappa shape index (κ3) is 3.88. The van der Waals surface area contributed by atoms with E-state index in [1.54, 1.807) is 11.8 Å². The van der Waals surface area contributed by atoms with Gasteiger partial charge in [-0.05, 0) is 23.8 Å². The van der Waals surface area contributed by atoms with Crippen molar-refractivity contribution >= 4 is 28.6 Å². The Bertz CT molecular complexity index is 1040. The highest BCUT2D eigenvalue weighted by Gasteiger charge is 2.11. The van der Waals surface area contributed by atoms with Gasteiger partial charge in [0, 0.05) is 18.1 Å². The highest BCUT2D eigenvalue weighted by Crippen LogP contribution is 2.12. The van der Waals surface area contributed by atoms with E-state index in [0.717, 1.165) is 5.75 Å². The maximum absolute atomic E-state index is 12.6. The molecule has 0 saturated carbocycles. The smallest absolute Gasteiger partial charge is 0.337 e. The number of methoxy groups -OCH3 is 1. The molecule has 0 aliphatic rings. The molecule has 0 spiro atoms.